The van der Waals surface area contributed by atoms with Crippen molar-refractivity contribution < 1.29 is 4.74 Å². The van der Waals surface area contributed by atoms with Crippen LogP contribution in [-0.2, 0) is 6.42 Å². The Morgan fingerprint density at radius 1 is 1.19 bits per heavy atom. The lowest BCUT2D eigenvalue weighted by Gasteiger charge is -2.33. The Bertz CT molecular complexity index is 433. The van der Waals surface area contributed by atoms with Gasteiger partial charge < -0.3 is 10.1 Å². The number of nitrogens with one attached hydrogen (secondary N) is 1. The van der Waals surface area contributed by atoms with Crippen molar-refractivity contribution in [1.82, 2.24) is 5.32 Å². The van der Waals surface area contributed by atoms with Gasteiger partial charge in [0.15, 0.2) is 0 Å². The van der Waals surface area contributed by atoms with E-state index < -0.39 is 0 Å². The third kappa shape index (κ3) is 4.40. The van der Waals surface area contributed by atoms with Crippen LogP contribution in [-0.4, -0.2) is 24.3 Å². The first kappa shape index (κ1) is 15.2. The van der Waals surface area contributed by atoms with E-state index >= 15 is 0 Å². The minimum absolute atomic E-state index is 0.392. The molecule has 2 fully saturated rings. The lowest BCUT2D eigenvalue weighted by atomic mass is 9.76. The van der Waals surface area contributed by atoms with Gasteiger partial charge in [-0.3, -0.25) is 0 Å². The third-order valence-electron chi connectivity index (χ3n) is 4.83. The first-order chi connectivity index (χ1) is 10.2. The lowest BCUT2D eigenvalue weighted by molar-refractivity contribution is 0.116. The molecule has 21 heavy (non-hydrogen) atoms. The van der Waals surface area contributed by atoms with Gasteiger partial charge in [0.2, 0.25) is 0 Å². The van der Waals surface area contributed by atoms with Crippen LogP contribution in [0.4, 0.5) is 0 Å². The summed E-state index contributed by atoms with van der Waals surface area (Å²) in [6.07, 6.45) is 7.93. The van der Waals surface area contributed by atoms with Gasteiger partial charge in [-0.1, -0.05) is 38.3 Å². The first-order valence-electron chi connectivity index (χ1n) is 8.28. The summed E-state index contributed by atoms with van der Waals surface area (Å²) >= 11 is 2.03. The van der Waals surface area contributed by atoms with Gasteiger partial charge in [-0.15, -0.1) is 11.8 Å². The number of benzene rings is 1. The Kier molecular flexibility index (Phi) is 5.12. The molecule has 0 radical (unpaired) electrons. The van der Waals surface area contributed by atoms with Crippen molar-refractivity contribution >= 4 is 11.8 Å². The molecule has 1 aliphatic heterocycles. The topological polar surface area (TPSA) is 21.3 Å². The van der Waals surface area contributed by atoms with Gasteiger partial charge in [-0.05, 0) is 37.0 Å². The van der Waals surface area contributed by atoms with Crippen LogP contribution in [0.3, 0.4) is 0 Å². The lowest BCUT2D eigenvalue weighted by Crippen LogP contribution is -2.27. The Labute approximate surface area is 133 Å². The van der Waals surface area contributed by atoms with Gasteiger partial charge in [-0.2, -0.15) is 0 Å². The molecule has 1 unspecified atom stereocenters. The molecular formula is C18H27NOS. The molecule has 2 nitrogen and oxygen atoms in total. The maximum atomic E-state index is 6.06. The summed E-state index contributed by atoms with van der Waals surface area (Å²) in [5.74, 6) is 2.13. The smallest absolute Gasteiger partial charge is 0.119 e. The Morgan fingerprint density at radius 2 is 1.95 bits per heavy atom. The average Bonchev–Trinajstić information content (AvgIpc) is 3.00. The molecule has 1 atom stereocenters. The van der Waals surface area contributed by atoms with Gasteiger partial charge in [0.05, 0.1) is 6.61 Å². The van der Waals surface area contributed by atoms with Crippen molar-refractivity contribution in [2.75, 3.05) is 19.0 Å². The Hall–Kier alpha value is -0.670. The molecule has 1 heterocycles. The van der Waals surface area contributed by atoms with E-state index in [0.29, 0.717) is 5.41 Å². The van der Waals surface area contributed by atoms with E-state index in [1.165, 1.54) is 37.7 Å². The zero-order valence-electron chi connectivity index (χ0n) is 13.1. The number of thioether (sulfide) groups is 1. The van der Waals surface area contributed by atoms with E-state index in [9.17, 15) is 0 Å². The fraction of sp³-hybridized carbons (Fsp3) is 0.667. The number of rotatable bonds is 5. The van der Waals surface area contributed by atoms with Crippen molar-refractivity contribution in [2.24, 2.45) is 5.41 Å². The van der Waals surface area contributed by atoms with E-state index in [4.69, 9.17) is 4.74 Å². The highest BCUT2D eigenvalue weighted by atomic mass is 32.2. The summed E-state index contributed by atoms with van der Waals surface area (Å²) in [6, 6.07) is 8.76. The maximum Gasteiger partial charge on any atom is 0.119 e. The van der Waals surface area contributed by atoms with Crippen LogP contribution in [0.1, 0.15) is 44.6 Å². The highest BCUT2D eigenvalue weighted by molar-refractivity contribution is 8.00. The largest absolute Gasteiger partial charge is 0.493 e. The molecule has 0 amide bonds. The van der Waals surface area contributed by atoms with E-state index in [2.05, 4.69) is 36.5 Å². The van der Waals surface area contributed by atoms with Crippen LogP contribution in [0.15, 0.2) is 24.3 Å². The van der Waals surface area contributed by atoms with Gasteiger partial charge in [0.25, 0.3) is 0 Å². The van der Waals surface area contributed by atoms with Crippen LogP contribution in [0.25, 0.3) is 0 Å². The quantitative estimate of drug-likeness (QED) is 0.879. The highest BCUT2D eigenvalue weighted by Crippen LogP contribution is 2.36. The van der Waals surface area contributed by atoms with Gasteiger partial charge in [-0.25, -0.2) is 0 Å². The molecule has 1 N–H and O–H groups in total. The number of hydrogen-bond donors (Lipinski definition) is 1. The van der Waals surface area contributed by atoms with Crippen LogP contribution in [0.2, 0.25) is 0 Å². The molecule has 3 heteroatoms. The van der Waals surface area contributed by atoms with E-state index in [1.54, 1.807) is 0 Å². The van der Waals surface area contributed by atoms with Crippen molar-refractivity contribution in [1.29, 1.82) is 0 Å². The molecule has 1 aliphatic carbocycles. The van der Waals surface area contributed by atoms with Gasteiger partial charge in [0.1, 0.15) is 5.75 Å². The first-order valence-corrected chi connectivity index (χ1v) is 9.33. The summed E-state index contributed by atoms with van der Waals surface area (Å²) in [5.41, 5.74) is 1.82. The highest BCUT2D eigenvalue weighted by Gasteiger charge is 2.27. The summed E-state index contributed by atoms with van der Waals surface area (Å²) < 4.78 is 6.06. The fourth-order valence-corrected chi connectivity index (χ4v) is 4.40. The van der Waals surface area contributed by atoms with Crippen LogP contribution in [0, 0.1) is 5.41 Å². The molecule has 0 spiro atoms. The molecule has 1 aromatic carbocycles. The van der Waals surface area contributed by atoms with Gasteiger partial charge in [0, 0.05) is 23.1 Å². The maximum absolute atomic E-state index is 6.06. The molecule has 3 rings (SSSR count). The minimum atomic E-state index is 0.392. The van der Waals surface area contributed by atoms with Crippen molar-refractivity contribution in [3.8, 4) is 5.75 Å². The Balaban J connectivity index is 1.49. The SMILES string of the molecule is CC1(COc2ccc(CC3CNCS3)cc2)CCCCC1. The average molecular weight is 305 g/mol. The van der Waals surface area contributed by atoms with E-state index in [1.807, 2.05) is 11.8 Å². The number of ether oxygens (including phenoxy) is 1. The van der Waals surface area contributed by atoms with Crippen LogP contribution < -0.4 is 10.1 Å². The minimum Gasteiger partial charge on any atom is -0.493 e. The van der Waals surface area contributed by atoms with Crippen LogP contribution >= 0.6 is 11.8 Å². The molecule has 1 aromatic rings. The summed E-state index contributed by atoms with van der Waals surface area (Å²) in [4.78, 5) is 0. The summed E-state index contributed by atoms with van der Waals surface area (Å²) in [5, 5.41) is 4.14. The molecule has 0 aromatic heterocycles. The predicted octanol–water partition coefficient (Wildman–Crippen LogP) is 4.24. The second kappa shape index (κ2) is 7.06. The molecular weight excluding hydrogens is 278 g/mol. The zero-order valence-corrected chi connectivity index (χ0v) is 13.9. The standard InChI is InChI=1S/C18H27NOS/c1-18(9-3-2-4-10-18)13-20-16-7-5-15(6-8-16)11-17-12-19-14-21-17/h5-8,17,19H,2-4,9-14H2,1H3. The monoisotopic (exact) mass is 305 g/mol. The van der Waals surface area contributed by atoms with Crippen molar-refractivity contribution in [3.63, 3.8) is 0 Å². The second-order valence-electron chi connectivity index (χ2n) is 6.90. The Morgan fingerprint density at radius 3 is 2.62 bits per heavy atom. The summed E-state index contributed by atoms with van der Waals surface area (Å²) in [7, 11) is 0. The third-order valence-corrected chi connectivity index (χ3v) is 6.00. The zero-order chi connectivity index (χ0) is 14.5. The second-order valence-corrected chi connectivity index (χ2v) is 8.18. The summed E-state index contributed by atoms with van der Waals surface area (Å²) in [6.45, 7) is 4.39. The van der Waals surface area contributed by atoms with Crippen molar-refractivity contribution in [3.05, 3.63) is 29.8 Å². The van der Waals surface area contributed by atoms with Crippen molar-refractivity contribution in [2.45, 2.75) is 50.7 Å². The normalized spacial score (nSPS) is 24.9. The molecule has 1 saturated carbocycles. The number of hydrogen-bond acceptors (Lipinski definition) is 3. The van der Waals surface area contributed by atoms with E-state index in [0.717, 1.165) is 36.4 Å². The van der Waals surface area contributed by atoms with Gasteiger partial charge >= 0.3 is 0 Å². The molecule has 2 aliphatic rings. The molecule has 0 bridgehead atoms. The predicted molar refractivity (Wildman–Crippen MR) is 91.1 cm³/mol. The van der Waals surface area contributed by atoms with Crippen LogP contribution in [0.5, 0.6) is 5.75 Å². The fourth-order valence-electron chi connectivity index (χ4n) is 3.38. The molecule has 116 valence electrons. The molecule has 1 saturated heterocycles. The van der Waals surface area contributed by atoms with E-state index in [-0.39, 0.29) is 0 Å².